The van der Waals surface area contributed by atoms with Gasteiger partial charge in [0, 0.05) is 23.3 Å². The van der Waals surface area contributed by atoms with Crippen LogP contribution in [0.15, 0.2) is 72.8 Å². The lowest BCUT2D eigenvalue weighted by molar-refractivity contribution is 0.217. The summed E-state index contributed by atoms with van der Waals surface area (Å²) in [5.41, 5.74) is 2.36. The molecule has 0 heterocycles. The Hall–Kier alpha value is -3.44. The van der Waals surface area contributed by atoms with Crippen LogP contribution in [0, 0.1) is 0 Å². The smallest absolute Gasteiger partial charge is 0.129 e. The summed E-state index contributed by atoms with van der Waals surface area (Å²) in [7, 11) is 3.17. The highest BCUT2D eigenvalue weighted by Gasteiger charge is 2.13. The van der Waals surface area contributed by atoms with E-state index in [0.29, 0.717) is 29.4 Å². The van der Waals surface area contributed by atoms with Crippen molar-refractivity contribution >= 4 is 6.08 Å². The van der Waals surface area contributed by atoms with E-state index in [1.807, 2.05) is 42.5 Å². The van der Waals surface area contributed by atoms with Gasteiger partial charge >= 0.3 is 0 Å². The molecule has 0 aliphatic rings. The molecule has 150 valence electrons. The van der Waals surface area contributed by atoms with Gasteiger partial charge in [0.1, 0.15) is 35.7 Å². The first-order chi connectivity index (χ1) is 14.1. The molecule has 0 aromatic heterocycles. The summed E-state index contributed by atoms with van der Waals surface area (Å²) in [6.07, 6.45) is 2.50. The van der Waals surface area contributed by atoms with Crippen LogP contribution in [0.4, 0.5) is 0 Å². The lowest BCUT2D eigenvalue weighted by atomic mass is 10.1. The van der Waals surface area contributed by atoms with Gasteiger partial charge in [-0.2, -0.15) is 0 Å². The van der Waals surface area contributed by atoms with Gasteiger partial charge in [-0.05, 0) is 29.8 Å². The zero-order chi connectivity index (χ0) is 20.6. The number of methoxy groups -OCH3 is 2. The summed E-state index contributed by atoms with van der Waals surface area (Å²) in [4.78, 5) is 0. The standard InChI is InChI=1S/C24H24O5/c1-27-20-11-8-18(23(15-20)28-2)9-13-22(26)21-12-10-19(25)14-24(21)29-16-17-6-4-3-5-7-17/h3-15,22,25-26H,16H2,1-2H3. The molecule has 1 unspecified atom stereocenters. The molecule has 3 aromatic rings. The van der Waals surface area contributed by atoms with E-state index in [0.717, 1.165) is 11.1 Å². The van der Waals surface area contributed by atoms with Crippen LogP contribution >= 0.6 is 0 Å². The summed E-state index contributed by atoms with van der Waals surface area (Å²) in [6, 6.07) is 19.8. The lowest BCUT2D eigenvalue weighted by Gasteiger charge is -2.15. The average Bonchev–Trinajstić information content (AvgIpc) is 2.76. The molecule has 1 atom stereocenters. The molecular formula is C24H24O5. The van der Waals surface area contributed by atoms with E-state index < -0.39 is 6.10 Å². The maximum absolute atomic E-state index is 10.7. The second-order valence-corrected chi connectivity index (χ2v) is 6.41. The monoisotopic (exact) mass is 392 g/mol. The first kappa shape index (κ1) is 20.3. The third-order valence-electron chi connectivity index (χ3n) is 4.45. The topological polar surface area (TPSA) is 68.2 Å². The predicted molar refractivity (Wildman–Crippen MR) is 112 cm³/mol. The van der Waals surface area contributed by atoms with Crippen LogP contribution in [0.3, 0.4) is 0 Å². The predicted octanol–water partition coefficient (Wildman–Crippen LogP) is 4.74. The molecular weight excluding hydrogens is 368 g/mol. The van der Waals surface area contributed by atoms with Gasteiger partial charge < -0.3 is 24.4 Å². The fourth-order valence-electron chi connectivity index (χ4n) is 2.88. The van der Waals surface area contributed by atoms with Crippen molar-refractivity contribution in [1.82, 2.24) is 0 Å². The average molecular weight is 392 g/mol. The Morgan fingerprint density at radius 2 is 1.69 bits per heavy atom. The van der Waals surface area contributed by atoms with Crippen molar-refractivity contribution in [2.75, 3.05) is 14.2 Å². The van der Waals surface area contributed by atoms with E-state index in [9.17, 15) is 10.2 Å². The van der Waals surface area contributed by atoms with Crippen LogP contribution < -0.4 is 14.2 Å². The first-order valence-corrected chi connectivity index (χ1v) is 9.18. The van der Waals surface area contributed by atoms with Gasteiger partial charge in [-0.3, -0.25) is 0 Å². The zero-order valence-electron chi connectivity index (χ0n) is 16.4. The van der Waals surface area contributed by atoms with E-state index in [1.165, 1.54) is 12.1 Å². The highest BCUT2D eigenvalue weighted by atomic mass is 16.5. The van der Waals surface area contributed by atoms with Crippen molar-refractivity contribution in [3.05, 3.63) is 89.5 Å². The molecule has 0 aliphatic carbocycles. The van der Waals surface area contributed by atoms with E-state index in [4.69, 9.17) is 14.2 Å². The molecule has 0 fully saturated rings. The first-order valence-electron chi connectivity index (χ1n) is 9.18. The fraction of sp³-hybridized carbons (Fsp3) is 0.167. The van der Waals surface area contributed by atoms with Crippen LogP contribution in [-0.4, -0.2) is 24.4 Å². The molecule has 5 nitrogen and oxygen atoms in total. The number of aromatic hydroxyl groups is 1. The van der Waals surface area contributed by atoms with Crippen molar-refractivity contribution < 1.29 is 24.4 Å². The summed E-state index contributed by atoms with van der Waals surface area (Å²) >= 11 is 0. The highest BCUT2D eigenvalue weighted by molar-refractivity contribution is 5.60. The minimum atomic E-state index is -0.923. The van der Waals surface area contributed by atoms with Crippen molar-refractivity contribution in [3.63, 3.8) is 0 Å². The fourth-order valence-corrected chi connectivity index (χ4v) is 2.88. The van der Waals surface area contributed by atoms with Crippen molar-refractivity contribution in [2.45, 2.75) is 12.7 Å². The number of phenolic OH excluding ortho intramolecular Hbond substituents is 1. The molecule has 29 heavy (non-hydrogen) atoms. The maximum Gasteiger partial charge on any atom is 0.129 e. The molecule has 3 aromatic carbocycles. The van der Waals surface area contributed by atoms with Crippen LogP contribution in [0.25, 0.3) is 6.08 Å². The Morgan fingerprint density at radius 3 is 2.41 bits per heavy atom. The van der Waals surface area contributed by atoms with Gasteiger partial charge in [-0.15, -0.1) is 0 Å². The Kier molecular flexibility index (Phi) is 6.76. The molecule has 3 rings (SSSR count). The van der Waals surface area contributed by atoms with Gasteiger partial charge in [0.05, 0.1) is 14.2 Å². The number of hydrogen-bond acceptors (Lipinski definition) is 5. The van der Waals surface area contributed by atoms with E-state index >= 15 is 0 Å². The summed E-state index contributed by atoms with van der Waals surface area (Å²) < 4.78 is 16.4. The molecule has 5 heteroatoms. The lowest BCUT2D eigenvalue weighted by Crippen LogP contribution is -2.01. The number of aliphatic hydroxyl groups is 1. The Balaban J connectivity index is 1.80. The zero-order valence-corrected chi connectivity index (χ0v) is 16.4. The number of rotatable bonds is 8. The van der Waals surface area contributed by atoms with Gasteiger partial charge in [-0.25, -0.2) is 0 Å². The number of hydrogen-bond donors (Lipinski definition) is 2. The third kappa shape index (κ3) is 5.30. The minimum absolute atomic E-state index is 0.0739. The number of aliphatic hydroxyl groups excluding tert-OH is 1. The van der Waals surface area contributed by atoms with E-state index in [-0.39, 0.29) is 5.75 Å². The number of ether oxygens (including phenoxy) is 3. The highest BCUT2D eigenvalue weighted by Crippen LogP contribution is 2.32. The van der Waals surface area contributed by atoms with Crippen LogP contribution in [0.2, 0.25) is 0 Å². The second-order valence-electron chi connectivity index (χ2n) is 6.41. The SMILES string of the molecule is COc1ccc(C=CC(O)c2ccc(O)cc2OCc2ccccc2)c(OC)c1. The summed E-state index contributed by atoms with van der Waals surface area (Å²) in [5, 5.41) is 20.5. The Labute approximate surface area is 170 Å². The van der Waals surface area contributed by atoms with Crippen LogP contribution in [-0.2, 0) is 6.61 Å². The molecule has 0 bridgehead atoms. The summed E-state index contributed by atoms with van der Waals surface area (Å²) in [5.74, 6) is 1.83. The Morgan fingerprint density at radius 1 is 0.897 bits per heavy atom. The normalized spacial score (nSPS) is 12.0. The summed E-state index contributed by atoms with van der Waals surface area (Å²) in [6.45, 7) is 0.333. The van der Waals surface area contributed by atoms with Crippen LogP contribution in [0.1, 0.15) is 22.8 Å². The van der Waals surface area contributed by atoms with E-state index in [2.05, 4.69) is 0 Å². The van der Waals surface area contributed by atoms with Gasteiger partial charge in [0.15, 0.2) is 0 Å². The molecule has 0 saturated carbocycles. The molecule has 0 saturated heterocycles. The number of benzene rings is 3. The molecule has 0 spiro atoms. The molecule has 0 aliphatic heterocycles. The molecule has 0 radical (unpaired) electrons. The number of phenols is 1. The largest absolute Gasteiger partial charge is 0.508 e. The van der Waals surface area contributed by atoms with Gasteiger partial charge in [-0.1, -0.05) is 42.5 Å². The van der Waals surface area contributed by atoms with Crippen molar-refractivity contribution in [1.29, 1.82) is 0 Å². The van der Waals surface area contributed by atoms with Crippen LogP contribution in [0.5, 0.6) is 23.0 Å². The quantitative estimate of drug-likeness (QED) is 0.580. The van der Waals surface area contributed by atoms with E-state index in [1.54, 1.807) is 38.5 Å². The minimum Gasteiger partial charge on any atom is -0.508 e. The maximum atomic E-state index is 10.7. The third-order valence-corrected chi connectivity index (χ3v) is 4.45. The molecule has 0 amide bonds. The van der Waals surface area contributed by atoms with Crippen molar-refractivity contribution in [3.8, 4) is 23.0 Å². The van der Waals surface area contributed by atoms with Gasteiger partial charge in [0.25, 0.3) is 0 Å². The van der Waals surface area contributed by atoms with Gasteiger partial charge in [0.2, 0.25) is 0 Å². The van der Waals surface area contributed by atoms with Crippen molar-refractivity contribution in [2.24, 2.45) is 0 Å². The Bertz CT molecular complexity index is 966. The molecule has 2 N–H and O–H groups in total. The second kappa shape index (κ2) is 9.66.